The highest BCUT2D eigenvalue weighted by atomic mass is 32.1. The Morgan fingerprint density at radius 1 is 1.29 bits per heavy atom. The highest BCUT2D eigenvalue weighted by molar-refractivity contribution is 7.13. The van der Waals surface area contributed by atoms with Crippen LogP contribution in [-0.4, -0.2) is 15.2 Å². The molecule has 0 saturated carbocycles. The molecule has 17 heavy (non-hydrogen) atoms. The standard InChI is InChI=1S/C12H16N4S/c1-7-5-8(2)14-9(3)11(7)10(4)15-12-16-13-6-17-12/h5-6,10H,1-4H3,(H,15,16). The van der Waals surface area contributed by atoms with Crippen LogP contribution in [0.5, 0.6) is 0 Å². The topological polar surface area (TPSA) is 50.7 Å². The van der Waals surface area contributed by atoms with Crippen molar-refractivity contribution >= 4 is 16.5 Å². The number of aromatic nitrogens is 3. The average molecular weight is 248 g/mol. The number of nitrogens with one attached hydrogen (secondary N) is 1. The summed E-state index contributed by atoms with van der Waals surface area (Å²) in [5, 5.41) is 12.0. The molecular weight excluding hydrogens is 232 g/mol. The predicted octanol–water partition coefficient (Wildman–Crippen LogP) is 3.03. The van der Waals surface area contributed by atoms with E-state index in [-0.39, 0.29) is 6.04 Å². The van der Waals surface area contributed by atoms with Crippen molar-refractivity contribution in [2.45, 2.75) is 33.7 Å². The van der Waals surface area contributed by atoms with Gasteiger partial charge in [-0.25, -0.2) is 0 Å². The lowest BCUT2D eigenvalue weighted by molar-refractivity contribution is 0.836. The van der Waals surface area contributed by atoms with E-state index in [0.717, 1.165) is 16.5 Å². The summed E-state index contributed by atoms with van der Waals surface area (Å²) in [7, 11) is 0. The number of nitrogens with zero attached hydrogens (tertiary/aromatic N) is 3. The van der Waals surface area contributed by atoms with Gasteiger partial charge in [-0.2, -0.15) is 0 Å². The van der Waals surface area contributed by atoms with Crippen LogP contribution in [0.4, 0.5) is 5.13 Å². The molecule has 5 heteroatoms. The maximum Gasteiger partial charge on any atom is 0.205 e. The molecule has 0 aromatic carbocycles. The molecule has 1 unspecified atom stereocenters. The van der Waals surface area contributed by atoms with Gasteiger partial charge in [-0.3, -0.25) is 4.98 Å². The molecule has 0 radical (unpaired) electrons. The normalized spacial score (nSPS) is 12.5. The third-order valence-electron chi connectivity index (χ3n) is 2.72. The zero-order valence-electron chi connectivity index (χ0n) is 10.5. The number of hydrogen-bond donors (Lipinski definition) is 1. The minimum Gasteiger partial charge on any atom is -0.353 e. The van der Waals surface area contributed by atoms with Crippen molar-refractivity contribution in [3.05, 3.63) is 34.1 Å². The van der Waals surface area contributed by atoms with E-state index in [0.29, 0.717) is 0 Å². The van der Waals surface area contributed by atoms with E-state index >= 15 is 0 Å². The van der Waals surface area contributed by atoms with Crippen LogP contribution in [0, 0.1) is 20.8 Å². The van der Waals surface area contributed by atoms with Gasteiger partial charge in [0.2, 0.25) is 5.13 Å². The minimum atomic E-state index is 0.191. The van der Waals surface area contributed by atoms with Gasteiger partial charge >= 0.3 is 0 Å². The molecule has 2 aromatic heterocycles. The second-order valence-electron chi connectivity index (χ2n) is 4.19. The smallest absolute Gasteiger partial charge is 0.205 e. The van der Waals surface area contributed by atoms with E-state index in [1.165, 1.54) is 22.5 Å². The first-order valence-electron chi connectivity index (χ1n) is 5.55. The number of anilines is 1. The summed E-state index contributed by atoms with van der Waals surface area (Å²) in [4.78, 5) is 4.51. The molecule has 1 N–H and O–H groups in total. The van der Waals surface area contributed by atoms with E-state index in [4.69, 9.17) is 0 Å². The van der Waals surface area contributed by atoms with Crippen molar-refractivity contribution in [1.29, 1.82) is 0 Å². The monoisotopic (exact) mass is 248 g/mol. The van der Waals surface area contributed by atoms with Gasteiger partial charge in [-0.15, -0.1) is 10.2 Å². The van der Waals surface area contributed by atoms with Gasteiger partial charge in [0.05, 0.1) is 6.04 Å². The lowest BCUT2D eigenvalue weighted by atomic mass is 10.0. The largest absolute Gasteiger partial charge is 0.353 e. The first-order valence-corrected chi connectivity index (χ1v) is 6.43. The molecular formula is C12H16N4S. The SMILES string of the molecule is Cc1cc(C)c(C(C)Nc2nncs2)c(C)n1. The molecule has 2 rings (SSSR count). The first kappa shape index (κ1) is 12.0. The molecule has 0 aliphatic carbocycles. The number of pyridine rings is 1. The van der Waals surface area contributed by atoms with E-state index in [1.54, 1.807) is 5.51 Å². The predicted molar refractivity (Wildman–Crippen MR) is 70.4 cm³/mol. The second-order valence-corrected chi connectivity index (χ2v) is 5.02. The summed E-state index contributed by atoms with van der Waals surface area (Å²) >= 11 is 1.51. The maximum atomic E-state index is 4.51. The molecule has 1 atom stereocenters. The quantitative estimate of drug-likeness (QED) is 0.907. The van der Waals surface area contributed by atoms with Crippen LogP contribution in [0.15, 0.2) is 11.6 Å². The van der Waals surface area contributed by atoms with Gasteiger partial charge in [0.1, 0.15) is 5.51 Å². The Morgan fingerprint density at radius 3 is 2.65 bits per heavy atom. The van der Waals surface area contributed by atoms with E-state index in [1.807, 2.05) is 13.8 Å². The third-order valence-corrected chi connectivity index (χ3v) is 3.34. The van der Waals surface area contributed by atoms with Crippen molar-refractivity contribution in [3.8, 4) is 0 Å². The van der Waals surface area contributed by atoms with Gasteiger partial charge < -0.3 is 5.32 Å². The molecule has 0 spiro atoms. The molecule has 0 saturated heterocycles. The summed E-state index contributed by atoms with van der Waals surface area (Å²) in [5.74, 6) is 0. The summed E-state index contributed by atoms with van der Waals surface area (Å²) in [6.07, 6.45) is 0. The number of aryl methyl sites for hydroxylation is 3. The Balaban J connectivity index is 2.27. The fraction of sp³-hybridized carbons (Fsp3) is 0.417. The number of rotatable bonds is 3. The highest BCUT2D eigenvalue weighted by Gasteiger charge is 2.13. The molecule has 0 aliphatic rings. The van der Waals surface area contributed by atoms with Gasteiger partial charge in [0.15, 0.2) is 0 Å². The van der Waals surface area contributed by atoms with Crippen molar-refractivity contribution in [3.63, 3.8) is 0 Å². The Bertz CT molecular complexity index is 484. The fourth-order valence-electron chi connectivity index (χ4n) is 2.18. The third kappa shape index (κ3) is 2.61. The van der Waals surface area contributed by atoms with Crippen LogP contribution in [0.3, 0.4) is 0 Å². The molecule has 0 bridgehead atoms. The van der Waals surface area contributed by atoms with E-state index in [2.05, 4.69) is 40.4 Å². The lowest BCUT2D eigenvalue weighted by Crippen LogP contribution is -2.11. The van der Waals surface area contributed by atoms with E-state index in [9.17, 15) is 0 Å². The Hall–Kier alpha value is -1.49. The fourth-order valence-corrected chi connectivity index (χ4v) is 2.71. The first-order chi connectivity index (χ1) is 8.08. The zero-order valence-corrected chi connectivity index (χ0v) is 11.3. The molecule has 0 fully saturated rings. The minimum absolute atomic E-state index is 0.191. The maximum absolute atomic E-state index is 4.51. The molecule has 2 heterocycles. The Kier molecular flexibility index (Phi) is 3.38. The van der Waals surface area contributed by atoms with Crippen molar-refractivity contribution in [2.75, 3.05) is 5.32 Å². The van der Waals surface area contributed by atoms with Crippen LogP contribution in [0.1, 0.15) is 35.5 Å². The van der Waals surface area contributed by atoms with Gasteiger partial charge in [0, 0.05) is 11.4 Å². The summed E-state index contributed by atoms with van der Waals surface area (Å²) in [5.41, 5.74) is 6.37. The van der Waals surface area contributed by atoms with Gasteiger partial charge in [0.25, 0.3) is 0 Å². The van der Waals surface area contributed by atoms with Crippen LogP contribution in [0.2, 0.25) is 0 Å². The molecule has 0 aliphatic heterocycles. The molecule has 4 nitrogen and oxygen atoms in total. The number of hydrogen-bond acceptors (Lipinski definition) is 5. The van der Waals surface area contributed by atoms with Crippen molar-refractivity contribution in [2.24, 2.45) is 0 Å². The highest BCUT2D eigenvalue weighted by Crippen LogP contribution is 2.25. The summed E-state index contributed by atoms with van der Waals surface area (Å²) in [6, 6.07) is 2.30. The van der Waals surface area contributed by atoms with Crippen molar-refractivity contribution < 1.29 is 0 Å². The Labute approximate surface area is 105 Å². The lowest BCUT2D eigenvalue weighted by Gasteiger charge is -2.18. The summed E-state index contributed by atoms with van der Waals surface area (Å²) < 4.78 is 0. The summed E-state index contributed by atoms with van der Waals surface area (Å²) in [6.45, 7) is 8.31. The molecule has 90 valence electrons. The van der Waals surface area contributed by atoms with Gasteiger partial charge in [-0.05, 0) is 44.9 Å². The zero-order chi connectivity index (χ0) is 12.4. The van der Waals surface area contributed by atoms with Crippen LogP contribution < -0.4 is 5.32 Å². The van der Waals surface area contributed by atoms with E-state index < -0.39 is 0 Å². The molecule has 2 aromatic rings. The Morgan fingerprint density at radius 2 is 2.06 bits per heavy atom. The molecule has 0 amide bonds. The van der Waals surface area contributed by atoms with Crippen LogP contribution in [0.25, 0.3) is 0 Å². The van der Waals surface area contributed by atoms with Crippen molar-refractivity contribution in [1.82, 2.24) is 15.2 Å². The van der Waals surface area contributed by atoms with Gasteiger partial charge in [-0.1, -0.05) is 11.3 Å². The average Bonchev–Trinajstić information content (AvgIpc) is 2.68. The van der Waals surface area contributed by atoms with Crippen LogP contribution >= 0.6 is 11.3 Å². The van der Waals surface area contributed by atoms with Crippen LogP contribution in [-0.2, 0) is 0 Å². The second kappa shape index (κ2) is 4.79.